The van der Waals surface area contributed by atoms with E-state index in [9.17, 15) is 9.59 Å². The maximum absolute atomic E-state index is 11.9. The molecule has 2 atom stereocenters. The number of carboxylic acid groups (broad SMARTS) is 1. The Hall–Kier alpha value is -2.11. The first-order valence-corrected chi connectivity index (χ1v) is 6.22. The van der Waals surface area contributed by atoms with E-state index in [0.717, 1.165) is 5.56 Å². The van der Waals surface area contributed by atoms with Gasteiger partial charge in [-0.15, -0.1) is 0 Å². The van der Waals surface area contributed by atoms with E-state index in [0.29, 0.717) is 13.1 Å². The molecule has 2 heterocycles. The first-order chi connectivity index (χ1) is 9.08. The van der Waals surface area contributed by atoms with Gasteiger partial charge in [0, 0.05) is 32.0 Å². The second-order valence-electron chi connectivity index (χ2n) is 4.84. The summed E-state index contributed by atoms with van der Waals surface area (Å²) in [7, 11) is 0. The van der Waals surface area contributed by atoms with Crippen molar-refractivity contribution in [3.05, 3.63) is 30.1 Å². The number of carbonyl (C=O) groups is 2. The predicted molar refractivity (Wildman–Crippen MR) is 68.3 cm³/mol. The third kappa shape index (κ3) is 3.21. The first kappa shape index (κ1) is 13.3. The lowest BCUT2D eigenvalue weighted by Crippen LogP contribution is -2.38. The number of carbonyl (C=O) groups excluding carboxylic acids is 1. The van der Waals surface area contributed by atoms with Crippen LogP contribution in [0.3, 0.4) is 0 Å². The van der Waals surface area contributed by atoms with E-state index >= 15 is 0 Å². The molecule has 1 aromatic heterocycles. The van der Waals surface area contributed by atoms with Crippen molar-refractivity contribution in [2.75, 3.05) is 13.1 Å². The second kappa shape index (κ2) is 5.69. The summed E-state index contributed by atoms with van der Waals surface area (Å²) in [5.74, 6) is -1.31. The number of likely N-dealkylation sites (tertiary alicyclic amines) is 1. The van der Waals surface area contributed by atoms with E-state index in [1.54, 1.807) is 17.3 Å². The Morgan fingerprint density at radius 2 is 2.11 bits per heavy atom. The van der Waals surface area contributed by atoms with Gasteiger partial charge in [-0.3, -0.25) is 9.78 Å². The molecule has 102 valence electrons. The Bertz CT molecular complexity index is 463. The van der Waals surface area contributed by atoms with Gasteiger partial charge in [-0.05, 0) is 23.6 Å². The lowest BCUT2D eigenvalue weighted by Gasteiger charge is -2.16. The van der Waals surface area contributed by atoms with Crippen LogP contribution in [0.2, 0.25) is 0 Å². The topological polar surface area (TPSA) is 82.5 Å². The van der Waals surface area contributed by atoms with Crippen molar-refractivity contribution in [3.8, 4) is 0 Å². The van der Waals surface area contributed by atoms with Crippen molar-refractivity contribution in [2.45, 2.75) is 13.5 Å². The highest BCUT2D eigenvalue weighted by Crippen LogP contribution is 2.22. The van der Waals surface area contributed by atoms with Gasteiger partial charge in [0.15, 0.2) is 0 Å². The molecule has 1 aliphatic rings. The summed E-state index contributed by atoms with van der Waals surface area (Å²) in [5, 5.41) is 11.8. The van der Waals surface area contributed by atoms with Crippen LogP contribution in [0.4, 0.5) is 4.79 Å². The van der Waals surface area contributed by atoms with E-state index < -0.39 is 11.9 Å². The van der Waals surface area contributed by atoms with E-state index in [1.807, 2.05) is 19.1 Å². The quantitative estimate of drug-likeness (QED) is 0.850. The van der Waals surface area contributed by atoms with Crippen molar-refractivity contribution in [1.29, 1.82) is 0 Å². The number of hydrogen-bond acceptors (Lipinski definition) is 3. The van der Waals surface area contributed by atoms with Crippen LogP contribution in [0.1, 0.15) is 12.5 Å². The third-order valence-corrected chi connectivity index (χ3v) is 3.41. The molecule has 1 aromatic rings. The summed E-state index contributed by atoms with van der Waals surface area (Å²) in [4.78, 5) is 28.4. The van der Waals surface area contributed by atoms with Gasteiger partial charge in [-0.1, -0.05) is 6.92 Å². The number of aromatic nitrogens is 1. The number of aliphatic carboxylic acids is 1. The largest absolute Gasteiger partial charge is 0.481 e. The molecule has 2 amide bonds. The third-order valence-electron chi connectivity index (χ3n) is 3.41. The van der Waals surface area contributed by atoms with Crippen LogP contribution in [-0.4, -0.2) is 40.1 Å². The number of carboxylic acids is 1. The zero-order valence-electron chi connectivity index (χ0n) is 10.7. The van der Waals surface area contributed by atoms with Gasteiger partial charge in [0.05, 0.1) is 5.92 Å². The zero-order valence-corrected chi connectivity index (χ0v) is 10.7. The summed E-state index contributed by atoms with van der Waals surface area (Å²) >= 11 is 0. The summed E-state index contributed by atoms with van der Waals surface area (Å²) < 4.78 is 0. The summed E-state index contributed by atoms with van der Waals surface area (Å²) in [6, 6.07) is 3.44. The molecule has 19 heavy (non-hydrogen) atoms. The van der Waals surface area contributed by atoms with Crippen molar-refractivity contribution in [3.63, 3.8) is 0 Å². The predicted octanol–water partition coefficient (Wildman–Crippen LogP) is 0.944. The first-order valence-electron chi connectivity index (χ1n) is 6.22. The number of nitrogens with zero attached hydrogens (tertiary/aromatic N) is 2. The highest BCUT2D eigenvalue weighted by atomic mass is 16.4. The monoisotopic (exact) mass is 263 g/mol. The Balaban J connectivity index is 1.86. The molecule has 0 aliphatic carbocycles. The zero-order chi connectivity index (χ0) is 13.8. The number of rotatable bonds is 3. The number of amides is 2. The lowest BCUT2D eigenvalue weighted by atomic mass is 9.99. The van der Waals surface area contributed by atoms with E-state index in [-0.39, 0.29) is 18.5 Å². The molecule has 2 N–H and O–H groups in total. The molecule has 1 aliphatic heterocycles. The molecule has 0 saturated carbocycles. The van der Waals surface area contributed by atoms with Crippen molar-refractivity contribution >= 4 is 12.0 Å². The van der Waals surface area contributed by atoms with E-state index in [1.165, 1.54) is 0 Å². The Labute approximate surface area is 111 Å². The summed E-state index contributed by atoms with van der Waals surface area (Å²) in [5.41, 5.74) is 0.963. The van der Waals surface area contributed by atoms with Gasteiger partial charge in [0.2, 0.25) is 0 Å². The van der Waals surface area contributed by atoms with Gasteiger partial charge >= 0.3 is 12.0 Å². The van der Waals surface area contributed by atoms with Crippen LogP contribution in [0.5, 0.6) is 0 Å². The lowest BCUT2D eigenvalue weighted by molar-refractivity contribution is -0.142. The fourth-order valence-electron chi connectivity index (χ4n) is 2.24. The molecular formula is C13H17N3O3. The fraction of sp³-hybridized carbons (Fsp3) is 0.462. The van der Waals surface area contributed by atoms with Crippen LogP contribution >= 0.6 is 0 Å². The van der Waals surface area contributed by atoms with Crippen LogP contribution in [0.25, 0.3) is 0 Å². The number of pyridine rings is 1. The molecule has 1 fully saturated rings. The highest BCUT2D eigenvalue weighted by molar-refractivity contribution is 5.77. The molecule has 2 rings (SSSR count). The van der Waals surface area contributed by atoms with Gasteiger partial charge < -0.3 is 15.3 Å². The Morgan fingerprint density at radius 3 is 2.68 bits per heavy atom. The van der Waals surface area contributed by atoms with Crippen molar-refractivity contribution in [1.82, 2.24) is 15.2 Å². The van der Waals surface area contributed by atoms with Crippen LogP contribution in [-0.2, 0) is 11.3 Å². The van der Waals surface area contributed by atoms with Gasteiger partial charge in [0.1, 0.15) is 0 Å². The Kier molecular flexibility index (Phi) is 3.99. The fourth-order valence-corrected chi connectivity index (χ4v) is 2.24. The number of urea groups is 1. The average Bonchev–Trinajstić information content (AvgIpc) is 2.79. The normalized spacial score (nSPS) is 22.3. The summed E-state index contributed by atoms with van der Waals surface area (Å²) in [6.45, 7) is 3.04. The molecule has 0 bridgehead atoms. The summed E-state index contributed by atoms with van der Waals surface area (Å²) in [6.07, 6.45) is 3.33. The van der Waals surface area contributed by atoms with Crippen molar-refractivity contribution < 1.29 is 14.7 Å². The van der Waals surface area contributed by atoms with Crippen LogP contribution in [0.15, 0.2) is 24.5 Å². The number of hydrogen-bond donors (Lipinski definition) is 2. The molecular weight excluding hydrogens is 246 g/mol. The second-order valence-corrected chi connectivity index (χ2v) is 4.84. The smallest absolute Gasteiger partial charge is 0.317 e. The maximum atomic E-state index is 11.9. The molecule has 0 spiro atoms. The van der Waals surface area contributed by atoms with E-state index in [2.05, 4.69) is 10.3 Å². The van der Waals surface area contributed by atoms with Gasteiger partial charge in [-0.2, -0.15) is 0 Å². The highest BCUT2D eigenvalue weighted by Gasteiger charge is 2.36. The van der Waals surface area contributed by atoms with Crippen molar-refractivity contribution in [2.24, 2.45) is 11.8 Å². The average molecular weight is 263 g/mol. The molecule has 2 unspecified atom stereocenters. The van der Waals surface area contributed by atoms with Gasteiger partial charge in [0.25, 0.3) is 0 Å². The standard InChI is InChI=1S/C13H17N3O3/c1-9-7-16(8-11(9)12(17)18)13(19)15-6-10-2-4-14-5-3-10/h2-5,9,11H,6-8H2,1H3,(H,15,19)(H,17,18). The minimum Gasteiger partial charge on any atom is -0.481 e. The molecule has 0 aromatic carbocycles. The SMILES string of the molecule is CC1CN(C(=O)NCc2ccncc2)CC1C(=O)O. The maximum Gasteiger partial charge on any atom is 0.317 e. The van der Waals surface area contributed by atoms with Crippen LogP contribution in [0, 0.1) is 11.8 Å². The molecule has 6 heteroatoms. The minimum atomic E-state index is -0.836. The Morgan fingerprint density at radius 1 is 1.42 bits per heavy atom. The molecule has 1 saturated heterocycles. The molecule has 0 radical (unpaired) electrons. The van der Waals surface area contributed by atoms with Crippen LogP contribution < -0.4 is 5.32 Å². The van der Waals surface area contributed by atoms with E-state index in [4.69, 9.17) is 5.11 Å². The van der Waals surface area contributed by atoms with Gasteiger partial charge in [-0.25, -0.2) is 4.79 Å². The molecule has 6 nitrogen and oxygen atoms in total. The minimum absolute atomic E-state index is 0.0100. The number of nitrogens with one attached hydrogen (secondary N) is 1.